The maximum atomic E-state index is 13.7. The number of halogens is 2. The third-order valence-corrected chi connectivity index (χ3v) is 4.65. The Balaban J connectivity index is 3.19. The average molecular weight is 359 g/mol. The molecule has 0 aromatic heterocycles. The predicted octanol–water partition coefficient (Wildman–Crippen LogP) is 4.73. The van der Waals surface area contributed by atoms with E-state index < -0.39 is 0 Å². The summed E-state index contributed by atoms with van der Waals surface area (Å²) in [4.78, 5) is 2.45. The summed E-state index contributed by atoms with van der Waals surface area (Å²) < 4.78 is 14.6. The van der Waals surface area contributed by atoms with Gasteiger partial charge in [0.05, 0.1) is 0 Å². The van der Waals surface area contributed by atoms with E-state index in [2.05, 4.69) is 48.5 Å². The van der Waals surface area contributed by atoms with E-state index in [0.717, 1.165) is 29.4 Å². The SMILES string of the molecule is CCC(CC)N(CC(C)C)C(CN)c1cc(F)ccc1Br. The summed E-state index contributed by atoms with van der Waals surface area (Å²) >= 11 is 3.55. The zero-order valence-corrected chi connectivity index (χ0v) is 15.2. The topological polar surface area (TPSA) is 29.3 Å². The molecule has 4 heteroatoms. The second kappa shape index (κ2) is 8.86. The quantitative estimate of drug-likeness (QED) is 0.727. The van der Waals surface area contributed by atoms with Gasteiger partial charge in [0, 0.05) is 29.6 Å². The molecule has 0 aliphatic carbocycles. The van der Waals surface area contributed by atoms with Crippen LogP contribution in [0.25, 0.3) is 0 Å². The summed E-state index contributed by atoms with van der Waals surface area (Å²) in [5, 5.41) is 0. The van der Waals surface area contributed by atoms with Crippen LogP contribution in [0.15, 0.2) is 22.7 Å². The fraction of sp³-hybridized carbons (Fsp3) is 0.647. The Hall–Kier alpha value is -0.450. The third kappa shape index (κ3) is 5.04. The summed E-state index contributed by atoms with van der Waals surface area (Å²) in [5.74, 6) is 0.340. The van der Waals surface area contributed by atoms with E-state index in [1.165, 1.54) is 6.07 Å². The molecule has 0 heterocycles. The van der Waals surface area contributed by atoms with E-state index >= 15 is 0 Å². The average Bonchev–Trinajstić information content (AvgIpc) is 2.44. The Morgan fingerprint density at radius 3 is 2.33 bits per heavy atom. The summed E-state index contributed by atoms with van der Waals surface area (Å²) in [7, 11) is 0. The van der Waals surface area contributed by atoms with Crippen LogP contribution in [-0.2, 0) is 0 Å². The minimum atomic E-state index is -0.208. The standard InChI is InChI=1S/C17H28BrFN2/c1-5-14(6-2)21(11-12(3)4)17(10-20)15-9-13(19)7-8-16(15)18/h7-9,12,14,17H,5-6,10-11,20H2,1-4H3. The zero-order valence-electron chi connectivity index (χ0n) is 13.6. The number of nitrogens with two attached hydrogens (primary N) is 1. The molecule has 1 aromatic rings. The van der Waals surface area contributed by atoms with E-state index in [0.29, 0.717) is 18.5 Å². The van der Waals surface area contributed by atoms with Gasteiger partial charge in [-0.3, -0.25) is 4.90 Å². The number of hydrogen-bond donors (Lipinski definition) is 1. The molecule has 0 saturated heterocycles. The molecule has 0 amide bonds. The smallest absolute Gasteiger partial charge is 0.123 e. The second-order valence-electron chi connectivity index (χ2n) is 5.98. The normalized spacial score (nSPS) is 13.4. The van der Waals surface area contributed by atoms with E-state index in [1.807, 2.05) is 0 Å². The van der Waals surface area contributed by atoms with E-state index in [4.69, 9.17) is 5.73 Å². The number of rotatable bonds is 8. The lowest BCUT2D eigenvalue weighted by atomic mass is 9.99. The van der Waals surface area contributed by atoms with Crippen LogP contribution >= 0.6 is 15.9 Å². The number of nitrogens with zero attached hydrogens (tertiary/aromatic N) is 1. The minimum absolute atomic E-state index is 0.0439. The highest BCUT2D eigenvalue weighted by molar-refractivity contribution is 9.10. The third-order valence-electron chi connectivity index (χ3n) is 3.93. The molecule has 1 rings (SSSR count). The molecule has 2 nitrogen and oxygen atoms in total. The maximum absolute atomic E-state index is 13.7. The van der Waals surface area contributed by atoms with Gasteiger partial charge in [0.2, 0.25) is 0 Å². The van der Waals surface area contributed by atoms with Crippen LogP contribution < -0.4 is 5.73 Å². The second-order valence-corrected chi connectivity index (χ2v) is 6.83. The Bertz CT molecular complexity index is 433. The van der Waals surface area contributed by atoms with Crippen LogP contribution in [-0.4, -0.2) is 24.0 Å². The Morgan fingerprint density at radius 1 is 1.24 bits per heavy atom. The molecule has 0 radical (unpaired) electrons. The van der Waals surface area contributed by atoms with Crippen LogP contribution in [0, 0.1) is 11.7 Å². The molecule has 21 heavy (non-hydrogen) atoms. The lowest BCUT2D eigenvalue weighted by Gasteiger charge is -2.39. The molecule has 0 aliphatic rings. The molecule has 1 atom stereocenters. The van der Waals surface area contributed by atoms with Gasteiger partial charge in [0.25, 0.3) is 0 Å². The van der Waals surface area contributed by atoms with Crippen molar-refractivity contribution in [1.29, 1.82) is 0 Å². The molecule has 0 spiro atoms. The molecule has 1 unspecified atom stereocenters. The number of hydrogen-bond acceptors (Lipinski definition) is 2. The lowest BCUT2D eigenvalue weighted by molar-refractivity contribution is 0.112. The van der Waals surface area contributed by atoms with Crippen molar-refractivity contribution in [2.24, 2.45) is 11.7 Å². The first-order valence-corrected chi connectivity index (χ1v) is 8.64. The van der Waals surface area contributed by atoms with Crippen molar-refractivity contribution in [3.8, 4) is 0 Å². The fourth-order valence-corrected chi connectivity index (χ4v) is 3.43. The highest BCUT2D eigenvalue weighted by Gasteiger charge is 2.27. The number of benzene rings is 1. The van der Waals surface area contributed by atoms with E-state index in [1.54, 1.807) is 12.1 Å². The highest BCUT2D eigenvalue weighted by atomic mass is 79.9. The summed E-state index contributed by atoms with van der Waals surface area (Å²) in [6.07, 6.45) is 2.15. The molecular weight excluding hydrogens is 331 g/mol. The monoisotopic (exact) mass is 358 g/mol. The van der Waals surface area contributed by atoms with Crippen LogP contribution in [0.2, 0.25) is 0 Å². The van der Waals surface area contributed by atoms with Crippen molar-refractivity contribution in [1.82, 2.24) is 4.90 Å². The van der Waals surface area contributed by atoms with Gasteiger partial charge in [-0.1, -0.05) is 43.6 Å². The molecule has 0 saturated carbocycles. The van der Waals surface area contributed by atoms with Gasteiger partial charge in [-0.15, -0.1) is 0 Å². The van der Waals surface area contributed by atoms with Crippen LogP contribution in [0.4, 0.5) is 4.39 Å². The van der Waals surface area contributed by atoms with Crippen LogP contribution in [0.1, 0.15) is 52.1 Å². The van der Waals surface area contributed by atoms with Crippen molar-refractivity contribution in [3.05, 3.63) is 34.1 Å². The molecule has 1 aromatic carbocycles. The minimum Gasteiger partial charge on any atom is -0.329 e. The van der Waals surface area contributed by atoms with Gasteiger partial charge in [-0.05, 0) is 42.5 Å². The highest BCUT2D eigenvalue weighted by Crippen LogP contribution is 2.31. The van der Waals surface area contributed by atoms with Crippen molar-refractivity contribution < 1.29 is 4.39 Å². The van der Waals surface area contributed by atoms with Crippen molar-refractivity contribution >= 4 is 15.9 Å². The molecule has 120 valence electrons. The van der Waals surface area contributed by atoms with Gasteiger partial charge in [0.1, 0.15) is 5.82 Å². The Labute approximate surface area is 137 Å². The van der Waals surface area contributed by atoms with Gasteiger partial charge < -0.3 is 5.73 Å². The van der Waals surface area contributed by atoms with Crippen molar-refractivity contribution in [2.45, 2.75) is 52.6 Å². The summed E-state index contributed by atoms with van der Waals surface area (Å²) in [6, 6.07) is 5.37. The first-order chi connectivity index (χ1) is 9.94. The molecular formula is C17H28BrFN2. The van der Waals surface area contributed by atoms with E-state index in [-0.39, 0.29) is 11.9 Å². The molecule has 0 aliphatic heterocycles. The molecule has 0 bridgehead atoms. The first kappa shape index (κ1) is 18.6. The van der Waals surface area contributed by atoms with Gasteiger partial charge >= 0.3 is 0 Å². The van der Waals surface area contributed by atoms with E-state index in [9.17, 15) is 4.39 Å². The Morgan fingerprint density at radius 2 is 1.86 bits per heavy atom. The van der Waals surface area contributed by atoms with Gasteiger partial charge in [-0.25, -0.2) is 4.39 Å². The van der Waals surface area contributed by atoms with Crippen molar-refractivity contribution in [2.75, 3.05) is 13.1 Å². The molecule has 0 fully saturated rings. The lowest BCUT2D eigenvalue weighted by Crippen LogP contribution is -2.43. The first-order valence-electron chi connectivity index (χ1n) is 7.85. The van der Waals surface area contributed by atoms with Gasteiger partial charge in [-0.2, -0.15) is 0 Å². The summed E-state index contributed by atoms with van der Waals surface area (Å²) in [6.45, 7) is 10.3. The molecule has 2 N–H and O–H groups in total. The van der Waals surface area contributed by atoms with Crippen LogP contribution in [0.3, 0.4) is 0 Å². The zero-order chi connectivity index (χ0) is 16.0. The Kier molecular flexibility index (Phi) is 7.85. The predicted molar refractivity (Wildman–Crippen MR) is 91.8 cm³/mol. The fourth-order valence-electron chi connectivity index (χ4n) is 2.92. The van der Waals surface area contributed by atoms with Crippen molar-refractivity contribution in [3.63, 3.8) is 0 Å². The van der Waals surface area contributed by atoms with Gasteiger partial charge in [0.15, 0.2) is 0 Å². The van der Waals surface area contributed by atoms with Crippen LogP contribution in [0.5, 0.6) is 0 Å². The summed E-state index contributed by atoms with van der Waals surface area (Å²) in [5.41, 5.74) is 7.01. The maximum Gasteiger partial charge on any atom is 0.123 e. The largest absolute Gasteiger partial charge is 0.329 e.